The highest BCUT2D eigenvalue weighted by atomic mass is 16.5. The monoisotopic (exact) mass is 393 g/mol. The predicted octanol–water partition coefficient (Wildman–Crippen LogP) is 1.90. The number of carbonyl (C=O) groups is 2. The van der Waals surface area contributed by atoms with E-state index in [4.69, 9.17) is 23.7 Å². The lowest BCUT2D eigenvalue weighted by Gasteiger charge is -2.35. The summed E-state index contributed by atoms with van der Waals surface area (Å²) in [5, 5.41) is 0. The van der Waals surface area contributed by atoms with E-state index in [0.29, 0.717) is 35.9 Å². The number of morpholine rings is 1. The fourth-order valence-corrected chi connectivity index (χ4v) is 3.02. The van der Waals surface area contributed by atoms with Crippen molar-refractivity contribution < 1.29 is 33.3 Å². The minimum absolute atomic E-state index is 0.0386. The molecule has 8 heteroatoms. The molecule has 1 amide bonds. The molecule has 0 N–H and O–H groups in total. The van der Waals surface area contributed by atoms with Crippen molar-refractivity contribution in [2.24, 2.45) is 0 Å². The van der Waals surface area contributed by atoms with E-state index in [9.17, 15) is 9.59 Å². The van der Waals surface area contributed by atoms with Crippen LogP contribution in [-0.2, 0) is 19.1 Å². The van der Waals surface area contributed by atoms with Crippen LogP contribution in [0.2, 0.25) is 0 Å². The van der Waals surface area contributed by atoms with Crippen LogP contribution in [0.3, 0.4) is 0 Å². The minimum atomic E-state index is -0.614. The second kappa shape index (κ2) is 9.98. The van der Waals surface area contributed by atoms with Crippen molar-refractivity contribution in [3.8, 4) is 17.2 Å². The van der Waals surface area contributed by atoms with Gasteiger partial charge < -0.3 is 28.6 Å². The molecule has 28 heavy (non-hydrogen) atoms. The van der Waals surface area contributed by atoms with Crippen molar-refractivity contribution in [3.63, 3.8) is 0 Å². The average molecular weight is 393 g/mol. The summed E-state index contributed by atoms with van der Waals surface area (Å²) in [5.41, 5.74) is 0.661. The highest BCUT2D eigenvalue weighted by Gasteiger charge is 2.26. The van der Waals surface area contributed by atoms with Crippen LogP contribution in [0, 0.1) is 0 Å². The van der Waals surface area contributed by atoms with E-state index in [2.05, 4.69) is 0 Å². The molecule has 1 aliphatic heterocycles. The van der Waals surface area contributed by atoms with Crippen molar-refractivity contribution in [2.45, 2.75) is 26.1 Å². The van der Waals surface area contributed by atoms with Crippen LogP contribution in [-0.4, -0.2) is 70.0 Å². The molecule has 8 nitrogen and oxygen atoms in total. The normalized spacial score (nSPS) is 19.4. The quantitative estimate of drug-likeness (QED) is 0.517. The number of esters is 1. The van der Waals surface area contributed by atoms with Gasteiger partial charge in [-0.3, -0.25) is 4.79 Å². The Bertz CT molecular complexity index is 696. The molecule has 0 bridgehead atoms. The molecule has 1 aromatic carbocycles. The first-order valence-electron chi connectivity index (χ1n) is 8.96. The number of nitrogens with zero attached hydrogens (tertiary/aromatic N) is 1. The van der Waals surface area contributed by atoms with E-state index >= 15 is 0 Å². The standard InChI is InChI=1S/C20H27NO7/c1-13-10-21(11-14(2)28-13)18(22)12-27-19(23)7-6-15-8-16(24-3)20(26-5)17(9-15)25-4/h6-9,13-14H,10-12H2,1-5H3/b7-6+/t13-,14-/m0/s1. The fourth-order valence-electron chi connectivity index (χ4n) is 3.02. The largest absolute Gasteiger partial charge is 0.493 e. The van der Waals surface area contributed by atoms with Gasteiger partial charge in [0, 0.05) is 19.2 Å². The Balaban J connectivity index is 1.95. The number of amides is 1. The number of hydrogen-bond acceptors (Lipinski definition) is 7. The van der Waals surface area contributed by atoms with Gasteiger partial charge in [0.1, 0.15) is 0 Å². The predicted molar refractivity (Wildman–Crippen MR) is 103 cm³/mol. The molecule has 1 aliphatic rings. The average Bonchev–Trinajstić information content (AvgIpc) is 2.68. The van der Waals surface area contributed by atoms with Crippen LogP contribution in [0.5, 0.6) is 17.2 Å². The van der Waals surface area contributed by atoms with Crippen LogP contribution in [0.1, 0.15) is 19.4 Å². The van der Waals surface area contributed by atoms with Gasteiger partial charge in [-0.1, -0.05) is 0 Å². The minimum Gasteiger partial charge on any atom is -0.493 e. The third-order valence-electron chi connectivity index (χ3n) is 4.21. The summed E-state index contributed by atoms with van der Waals surface area (Å²) >= 11 is 0. The molecular formula is C20H27NO7. The van der Waals surface area contributed by atoms with Gasteiger partial charge in [0.2, 0.25) is 5.75 Å². The molecule has 0 radical (unpaired) electrons. The Morgan fingerprint density at radius 2 is 1.64 bits per heavy atom. The molecule has 2 rings (SSSR count). The second-order valence-electron chi connectivity index (χ2n) is 6.46. The molecule has 1 heterocycles. The number of carbonyl (C=O) groups excluding carboxylic acids is 2. The zero-order valence-corrected chi connectivity index (χ0v) is 16.9. The number of methoxy groups -OCH3 is 3. The van der Waals surface area contributed by atoms with Gasteiger partial charge >= 0.3 is 5.97 Å². The molecule has 154 valence electrons. The Hall–Kier alpha value is -2.74. The zero-order chi connectivity index (χ0) is 20.7. The highest BCUT2D eigenvalue weighted by molar-refractivity contribution is 5.89. The van der Waals surface area contributed by atoms with Crippen LogP contribution in [0.4, 0.5) is 0 Å². The topological polar surface area (TPSA) is 83.5 Å². The Morgan fingerprint density at radius 1 is 1.07 bits per heavy atom. The smallest absolute Gasteiger partial charge is 0.331 e. The Labute approximate surface area is 164 Å². The molecule has 0 aromatic heterocycles. The molecule has 1 saturated heterocycles. The number of rotatable bonds is 7. The van der Waals surface area contributed by atoms with E-state index in [-0.39, 0.29) is 24.7 Å². The lowest BCUT2D eigenvalue weighted by Crippen LogP contribution is -2.49. The van der Waals surface area contributed by atoms with Gasteiger partial charge in [0.05, 0.1) is 33.5 Å². The van der Waals surface area contributed by atoms with Crippen LogP contribution >= 0.6 is 0 Å². The van der Waals surface area contributed by atoms with E-state index < -0.39 is 5.97 Å². The first kappa shape index (κ1) is 21.6. The molecule has 0 saturated carbocycles. The summed E-state index contributed by atoms with van der Waals surface area (Å²) in [6, 6.07) is 3.40. The maximum absolute atomic E-state index is 12.2. The lowest BCUT2D eigenvalue weighted by molar-refractivity contribution is -0.154. The zero-order valence-electron chi connectivity index (χ0n) is 16.9. The van der Waals surface area contributed by atoms with Gasteiger partial charge in [0.25, 0.3) is 5.91 Å². The number of benzene rings is 1. The van der Waals surface area contributed by atoms with E-state index in [1.807, 2.05) is 13.8 Å². The van der Waals surface area contributed by atoms with Gasteiger partial charge in [-0.2, -0.15) is 0 Å². The van der Waals surface area contributed by atoms with Crippen molar-refractivity contribution in [1.82, 2.24) is 4.90 Å². The molecule has 0 unspecified atom stereocenters. The lowest BCUT2D eigenvalue weighted by atomic mass is 10.1. The molecule has 2 atom stereocenters. The van der Waals surface area contributed by atoms with Crippen molar-refractivity contribution in [1.29, 1.82) is 0 Å². The summed E-state index contributed by atoms with van der Waals surface area (Å²) < 4.78 is 26.5. The summed E-state index contributed by atoms with van der Waals surface area (Å²) in [4.78, 5) is 25.8. The number of ether oxygens (including phenoxy) is 5. The van der Waals surface area contributed by atoms with Gasteiger partial charge in [0.15, 0.2) is 18.1 Å². The number of hydrogen-bond donors (Lipinski definition) is 0. The van der Waals surface area contributed by atoms with Crippen LogP contribution in [0.25, 0.3) is 6.08 Å². The van der Waals surface area contributed by atoms with E-state index in [1.165, 1.54) is 27.4 Å². The Kier molecular flexibility index (Phi) is 7.69. The molecule has 1 aromatic rings. The second-order valence-corrected chi connectivity index (χ2v) is 6.46. The molecule has 0 aliphatic carbocycles. The first-order valence-corrected chi connectivity index (χ1v) is 8.96. The van der Waals surface area contributed by atoms with E-state index in [0.717, 1.165) is 0 Å². The summed E-state index contributed by atoms with van der Waals surface area (Å²) in [6.45, 7) is 4.48. The maximum Gasteiger partial charge on any atom is 0.331 e. The van der Waals surface area contributed by atoms with Crippen molar-refractivity contribution in [2.75, 3.05) is 41.0 Å². The van der Waals surface area contributed by atoms with Gasteiger partial charge in [-0.05, 0) is 37.6 Å². The molecule has 0 spiro atoms. The maximum atomic E-state index is 12.2. The summed E-state index contributed by atoms with van der Waals surface area (Å²) in [5.74, 6) is 0.554. The fraction of sp³-hybridized carbons (Fsp3) is 0.500. The van der Waals surface area contributed by atoms with Crippen LogP contribution < -0.4 is 14.2 Å². The Morgan fingerprint density at radius 3 is 2.14 bits per heavy atom. The first-order chi connectivity index (χ1) is 13.4. The summed E-state index contributed by atoms with van der Waals surface area (Å²) in [7, 11) is 4.54. The molecular weight excluding hydrogens is 366 g/mol. The highest BCUT2D eigenvalue weighted by Crippen LogP contribution is 2.38. The van der Waals surface area contributed by atoms with Gasteiger partial charge in [-0.15, -0.1) is 0 Å². The van der Waals surface area contributed by atoms with Crippen molar-refractivity contribution >= 4 is 18.0 Å². The van der Waals surface area contributed by atoms with Crippen LogP contribution in [0.15, 0.2) is 18.2 Å². The van der Waals surface area contributed by atoms with E-state index in [1.54, 1.807) is 23.1 Å². The summed E-state index contributed by atoms with van der Waals surface area (Å²) in [6.07, 6.45) is 2.72. The van der Waals surface area contributed by atoms with Gasteiger partial charge in [-0.25, -0.2) is 4.79 Å². The SMILES string of the molecule is COc1cc(/C=C/C(=O)OCC(=O)N2C[C@H](C)O[C@@H](C)C2)cc(OC)c1OC. The third-order valence-corrected chi connectivity index (χ3v) is 4.21. The molecule has 1 fully saturated rings. The van der Waals surface area contributed by atoms with Crippen molar-refractivity contribution in [3.05, 3.63) is 23.8 Å². The third kappa shape index (κ3) is 5.63.